The summed E-state index contributed by atoms with van der Waals surface area (Å²) in [5.74, 6) is 1.24. The molecule has 1 aromatic heterocycles. The van der Waals surface area contributed by atoms with Gasteiger partial charge in [0.1, 0.15) is 12.6 Å². The topological polar surface area (TPSA) is 38.3 Å². The molecule has 0 amide bonds. The predicted molar refractivity (Wildman–Crippen MR) is 99.2 cm³/mol. The maximum atomic E-state index is 10.5. The lowest BCUT2D eigenvalue weighted by atomic mass is 10.2. The van der Waals surface area contributed by atoms with Crippen LogP contribution in [0.5, 0.6) is 0 Å². The highest BCUT2D eigenvalue weighted by Crippen LogP contribution is 2.16. The maximum absolute atomic E-state index is 10.5. The average molecular weight is 339 g/mol. The molecule has 25 heavy (non-hydrogen) atoms. The highest BCUT2D eigenvalue weighted by Gasteiger charge is 2.23. The monoisotopic (exact) mass is 339 g/mol. The van der Waals surface area contributed by atoms with Crippen LogP contribution < -0.4 is 4.57 Å². The minimum atomic E-state index is -0.532. The van der Waals surface area contributed by atoms with Gasteiger partial charge in [-0.3, -0.25) is 0 Å². The summed E-state index contributed by atoms with van der Waals surface area (Å²) in [5, 5.41) is 10.5. The first kappa shape index (κ1) is 17.6. The van der Waals surface area contributed by atoms with Crippen LogP contribution in [-0.2, 0) is 31.4 Å². The van der Waals surface area contributed by atoms with Gasteiger partial charge in [0, 0.05) is 6.42 Å². The van der Waals surface area contributed by atoms with Gasteiger partial charge in [-0.15, -0.1) is 0 Å². The highest BCUT2D eigenvalue weighted by molar-refractivity contribution is 5.72. The van der Waals surface area contributed by atoms with Gasteiger partial charge in [-0.25, -0.2) is 9.13 Å². The van der Waals surface area contributed by atoms with Crippen LogP contribution in [0.1, 0.15) is 24.7 Å². The summed E-state index contributed by atoms with van der Waals surface area (Å²) in [7, 11) is 2.10. The first-order valence-electron chi connectivity index (χ1n) is 8.96. The Morgan fingerprint density at radius 3 is 2.56 bits per heavy atom. The molecule has 4 heteroatoms. The van der Waals surface area contributed by atoms with Crippen LogP contribution in [0, 0.1) is 0 Å². The molecule has 3 rings (SSSR count). The second-order valence-corrected chi connectivity index (χ2v) is 6.48. The van der Waals surface area contributed by atoms with Crippen molar-refractivity contribution in [2.24, 2.45) is 7.05 Å². The summed E-state index contributed by atoms with van der Waals surface area (Å²) >= 11 is 0. The molecule has 0 unspecified atom stereocenters. The molecule has 1 heterocycles. The van der Waals surface area contributed by atoms with E-state index in [1.54, 1.807) is 0 Å². The minimum Gasteiger partial charge on any atom is -0.387 e. The molecule has 0 aliphatic carbocycles. The lowest BCUT2D eigenvalue weighted by Crippen LogP contribution is -2.34. The van der Waals surface area contributed by atoms with E-state index in [4.69, 9.17) is 4.74 Å². The number of nitrogens with zero attached hydrogens (tertiary/aromatic N) is 2. The number of ether oxygens (including phenoxy) is 1. The van der Waals surface area contributed by atoms with E-state index < -0.39 is 6.10 Å². The van der Waals surface area contributed by atoms with Crippen LogP contribution in [-0.4, -0.2) is 22.4 Å². The lowest BCUT2D eigenvalue weighted by Gasteiger charge is -2.11. The molecular formula is C21H27N2O2+. The molecule has 1 N–H and O–H groups in total. The fourth-order valence-electron chi connectivity index (χ4n) is 3.32. The van der Waals surface area contributed by atoms with E-state index in [0.717, 1.165) is 23.9 Å². The number of aliphatic hydroxyl groups excluding tert-OH is 1. The van der Waals surface area contributed by atoms with Gasteiger partial charge in [-0.05, 0) is 24.1 Å². The average Bonchev–Trinajstić information content (AvgIpc) is 2.89. The molecule has 3 aromatic rings. The van der Waals surface area contributed by atoms with Crippen molar-refractivity contribution in [1.29, 1.82) is 0 Å². The van der Waals surface area contributed by atoms with Crippen LogP contribution in [0.3, 0.4) is 0 Å². The van der Waals surface area contributed by atoms with Crippen LogP contribution in [0.4, 0.5) is 0 Å². The van der Waals surface area contributed by atoms with Crippen molar-refractivity contribution in [1.82, 2.24) is 4.57 Å². The molecule has 0 saturated carbocycles. The summed E-state index contributed by atoms with van der Waals surface area (Å²) in [6, 6.07) is 18.4. The Hall–Kier alpha value is -2.17. The van der Waals surface area contributed by atoms with Gasteiger partial charge in [0.25, 0.3) is 5.82 Å². The molecule has 1 atom stereocenters. The van der Waals surface area contributed by atoms with Crippen molar-refractivity contribution < 1.29 is 14.4 Å². The molecule has 132 valence electrons. The van der Waals surface area contributed by atoms with Gasteiger partial charge in [0.05, 0.1) is 20.3 Å². The molecule has 0 radical (unpaired) electrons. The van der Waals surface area contributed by atoms with Crippen molar-refractivity contribution in [3.8, 4) is 0 Å². The largest absolute Gasteiger partial charge is 0.387 e. The van der Waals surface area contributed by atoms with E-state index in [2.05, 4.69) is 41.3 Å². The molecule has 0 fully saturated rings. The van der Waals surface area contributed by atoms with E-state index in [1.807, 2.05) is 36.4 Å². The lowest BCUT2D eigenvalue weighted by molar-refractivity contribution is -0.654. The number of aryl methyl sites for hydroxylation is 1. The third kappa shape index (κ3) is 4.09. The van der Waals surface area contributed by atoms with Crippen molar-refractivity contribution in [3.63, 3.8) is 0 Å². The van der Waals surface area contributed by atoms with E-state index in [-0.39, 0.29) is 0 Å². The number of benzene rings is 2. The molecule has 0 saturated heterocycles. The maximum Gasteiger partial charge on any atom is 0.257 e. The smallest absolute Gasteiger partial charge is 0.257 e. The van der Waals surface area contributed by atoms with Crippen LogP contribution in [0.15, 0.2) is 54.6 Å². The number of hydrogen-bond donors (Lipinski definition) is 1. The fraction of sp³-hybridized carbons (Fsp3) is 0.381. The van der Waals surface area contributed by atoms with Gasteiger partial charge >= 0.3 is 0 Å². The zero-order valence-corrected chi connectivity index (χ0v) is 15.1. The number of aliphatic hydroxyl groups is 1. The normalized spacial score (nSPS) is 12.6. The van der Waals surface area contributed by atoms with E-state index in [9.17, 15) is 5.11 Å². The Balaban J connectivity index is 1.70. The highest BCUT2D eigenvalue weighted by atomic mass is 16.5. The van der Waals surface area contributed by atoms with E-state index in [0.29, 0.717) is 19.8 Å². The number of fused-ring (bicyclic) bond motifs is 1. The summed E-state index contributed by atoms with van der Waals surface area (Å²) in [6.07, 6.45) is 1.53. The Morgan fingerprint density at radius 1 is 1.08 bits per heavy atom. The quantitative estimate of drug-likeness (QED) is 0.641. The molecule has 2 aromatic carbocycles. The number of hydrogen-bond acceptors (Lipinski definition) is 2. The third-order valence-electron chi connectivity index (χ3n) is 4.52. The van der Waals surface area contributed by atoms with E-state index >= 15 is 0 Å². The molecular weight excluding hydrogens is 312 g/mol. The summed E-state index contributed by atoms with van der Waals surface area (Å²) in [6.45, 7) is 3.59. The fourth-order valence-corrected chi connectivity index (χ4v) is 3.32. The van der Waals surface area contributed by atoms with Gasteiger partial charge in [0.15, 0.2) is 11.0 Å². The summed E-state index contributed by atoms with van der Waals surface area (Å²) in [5.41, 5.74) is 3.48. The van der Waals surface area contributed by atoms with Crippen LogP contribution in [0.25, 0.3) is 11.0 Å². The molecule has 0 spiro atoms. The number of para-hydroxylation sites is 2. The first-order chi connectivity index (χ1) is 12.2. The molecule has 0 aliphatic heterocycles. The Morgan fingerprint density at radius 2 is 1.80 bits per heavy atom. The van der Waals surface area contributed by atoms with Crippen LogP contribution >= 0.6 is 0 Å². The van der Waals surface area contributed by atoms with Gasteiger partial charge < -0.3 is 9.84 Å². The van der Waals surface area contributed by atoms with Crippen molar-refractivity contribution in [2.45, 2.75) is 39.0 Å². The van der Waals surface area contributed by atoms with Crippen molar-refractivity contribution >= 4 is 11.0 Å². The molecule has 0 bridgehead atoms. The standard InChI is InChI=1S/C21H27N2O2/c1-3-9-21-22(2)19-12-7-8-13-20(19)23(21)14-18(24)16-25-15-17-10-5-4-6-11-17/h4-8,10-13,18,24H,3,9,14-16H2,1-2H3/q+1/t18-/m1/s1. The Labute approximate surface area is 149 Å². The van der Waals surface area contributed by atoms with Crippen molar-refractivity contribution in [2.75, 3.05) is 6.61 Å². The number of aromatic nitrogens is 2. The minimum absolute atomic E-state index is 0.330. The second-order valence-electron chi connectivity index (χ2n) is 6.48. The van der Waals surface area contributed by atoms with Gasteiger partial charge in [-0.1, -0.05) is 49.4 Å². The Kier molecular flexibility index (Phi) is 5.84. The zero-order chi connectivity index (χ0) is 17.6. The number of imidazole rings is 1. The summed E-state index contributed by atoms with van der Waals surface area (Å²) < 4.78 is 10.2. The zero-order valence-electron chi connectivity index (χ0n) is 15.1. The predicted octanol–water partition coefficient (Wildman–Crippen LogP) is 3.00. The number of rotatable bonds is 8. The Bertz CT molecular complexity index is 811. The molecule has 0 aliphatic rings. The van der Waals surface area contributed by atoms with Crippen molar-refractivity contribution in [3.05, 3.63) is 66.0 Å². The third-order valence-corrected chi connectivity index (χ3v) is 4.52. The first-order valence-corrected chi connectivity index (χ1v) is 8.96. The van der Waals surface area contributed by atoms with Crippen LogP contribution in [0.2, 0.25) is 0 Å². The summed E-state index contributed by atoms with van der Waals surface area (Å²) in [4.78, 5) is 0. The van der Waals surface area contributed by atoms with Gasteiger partial charge in [-0.2, -0.15) is 0 Å². The molecule has 4 nitrogen and oxygen atoms in total. The SMILES string of the molecule is CCCc1n(C[C@@H](O)COCc2ccccc2)c2ccccc2[n+]1C. The van der Waals surface area contributed by atoms with E-state index in [1.165, 1.54) is 11.3 Å². The second kappa shape index (κ2) is 8.28. The van der Waals surface area contributed by atoms with Gasteiger partial charge in [0.2, 0.25) is 0 Å².